The fourth-order valence-corrected chi connectivity index (χ4v) is 2.71. The lowest BCUT2D eigenvalue weighted by Gasteiger charge is -2.28. The molecule has 3 unspecified atom stereocenters. The molecule has 0 saturated heterocycles. The van der Waals surface area contributed by atoms with E-state index < -0.39 is 5.60 Å². The lowest BCUT2D eigenvalue weighted by atomic mass is 9.88. The van der Waals surface area contributed by atoms with Crippen LogP contribution in [0.4, 0.5) is 0 Å². The average Bonchev–Trinajstić information content (AvgIpc) is 2.62. The number of nitrogens with two attached hydrogens (primary N) is 1. The molecular formula is C13H27NO2. The molecule has 0 heterocycles. The molecule has 3 atom stereocenters. The van der Waals surface area contributed by atoms with Gasteiger partial charge in [-0.1, -0.05) is 19.8 Å². The van der Waals surface area contributed by atoms with Gasteiger partial charge in [-0.25, -0.2) is 0 Å². The third-order valence-corrected chi connectivity index (χ3v) is 3.84. The molecule has 1 saturated carbocycles. The molecule has 0 amide bonds. The molecule has 0 bridgehead atoms. The minimum absolute atomic E-state index is 0.339. The topological polar surface area (TPSA) is 55.5 Å². The molecule has 96 valence electrons. The summed E-state index contributed by atoms with van der Waals surface area (Å²) in [6.07, 6.45) is 6.63. The van der Waals surface area contributed by atoms with Crippen LogP contribution in [0.5, 0.6) is 0 Å². The van der Waals surface area contributed by atoms with Crippen molar-refractivity contribution in [2.75, 3.05) is 13.2 Å². The molecule has 1 aliphatic carbocycles. The number of hydrogen-bond acceptors (Lipinski definition) is 3. The monoisotopic (exact) mass is 229 g/mol. The molecule has 0 spiro atoms. The van der Waals surface area contributed by atoms with E-state index in [9.17, 15) is 5.11 Å². The Morgan fingerprint density at radius 2 is 2.31 bits per heavy atom. The Bertz CT molecular complexity index is 198. The van der Waals surface area contributed by atoms with Gasteiger partial charge in [-0.2, -0.15) is 0 Å². The Morgan fingerprint density at radius 1 is 1.56 bits per heavy atom. The van der Waals surface area contributed by atoms with Gasteiger partial charge in [0.1, 0.15) is 0 Å². The standard InChI is InChI=1S/C13H27NO2/c1-3-5-11(2)16-9-7-12-6-4-8-13(12,15)10-14/h11-12,15H,3-10,14H2,1-2H3. The molecule has 3 N–H and O–H groups in total. The van der Waals surface area contributed by atoms with Crippen molar-refractivity contribution in [2.24, 2.45) is 11.7 Å². The zero-order valence-electron chi connectivity index (χ0n) is 10.7. The second-order valence-electron chi connectivity index (χ2n) is 5.16. The van der Waals surface area contributed by atoms with Gasteiger partial charge in [-0.3, -0.25) is 0 Å². The molecule has 0 aromatic carbocycles. The maximum absolute atomic E-state index is 10.2. The van der Waals surface area contributed by atoms with E-state index in [0.29, 0.717) is 18.6 Å². The van der Waals surface area contributed by atoms with Crippen molar-refractivity contribution in [2.45, 2.75) is 64.1 Å². The number of hydrogen-bond donors (Lipinski definition) is 2. The lowest BCUT2D eigenvalue weighted by Crippen LogP contribution is -2.41. The van der Waals surface area contributed by atoms with E-state index in [-0.39, 0.29) is 0 Å². The van der Waals surface area contributed by atoms with Gasteiger partial charge in [-0.05, 0) is 38.5 Å². The summed E-state index contributed by atoms with van der Waals surface area (Å²) in [7, 11) is 0. The molecule has 0 aliphatic heterocycles. The highest BCUT2D eigenvalue weighted by Crippen LogP contribution is 2.37. The van der Waals surface area contributed by atoms with E-state index in [1.54, 1.807) is 0 Å². The van der Waals surface area contributed by atoms with Crippen LogP contribution in [0, 0.1) is 5.92 Å². The van der Waals surface area contributed by atoms with Gasteiger partial charge in [0.2, 0.25) is 0 Å². The normalized spacial score (nSPS) is 31.9. The van der Waals surface area contributed by atoms with Crippen LogP contribution in [-0.2, 0) is 4.74 Å². The van der Waals surface area contributed by atoms with E-state index in [0.717, 1.165) is 45.1 Å². The second-order valence-corrected chi connectivity index (χ2v) is 5.16. The van der Waals surface area contributed by atoms with Crippen LogP contribution in [0.15, 0.2) is 0 Å². The first-order valence-electron chi connectivity index (χ1n) is 6.66. The van der Waals surface area contributed by atoms with Crippen molar-refractivity contribution >= 4 is 0 Å². The van der Waals surface area contributed by atoms with Crippen LogP contribution in [0.2, 0.25) is 0 Å². The second kappa shape index (κ2) is 6.58. The highest BCUT2D eigenvalue weighted by atomic mass is 16.5. The summed E-state index contributed by atoms with van der Waals surface area (Å²) < 4.78 is 5.73. The summed E-state index contributed by atoms with van der Waals surface area (Å²) in [6, 6.07) is 0. The minimum atomic E-state index is -0.614. The van der Waals surface area contributed by atoms with Crippen LogP contribution >= 0.6 is 0 Å². The van der Waals surface area contributed by atoms with Gasteiger partial charge < -0.3 is 15.6 Å². The zero-order valence-corrected chi connectivity index (χ0v) is 10.7. The molecule has 0 aromatic rings. The van der Waals surface area contributed by atoms with Crippen molar-refractivity contribution in [1.82, 2.24) is 0 Å². The van der Waals surface area contributed by atoms with Crippen molar-refractivity contribution in [3.8, 4) is 0 Å². The summed E-state index contributed by atoms with van der Waals surface area (Å²) >= 11 is 0. The van der Waals surface area contributed by atoms with E-state index in [2.05, 4.69) is 13.8 Å². The molecular weight excluding hydrogens is 202 g/mol. The van der Waals surface area contributed by atoms with E-state index in [4.69, 9.17) is 10.5 Å². The lowest BCUT2D eigenvalue weighted by molar-refractivity contribution is -0.0143. The molecule has 1 rings (SSSR count). The Kier molecular flexibility index (Phi) is 5.73. The third-order valence-electron chi connectivity index (χ3n) is 3.84. The maximum atomic E-state index is 10.2. The van der Waals surface area contributed by atoms with E-state index in [1.807, 2.05) is 0 Å². The number of aliphatic hydroxyl groups is 1. The van der Waals surface area contributed by atoms with Crippen LogP contribution in [0.1, 0.15) is 52.4 Å². The first-order valence-corrected chi connectivity index (χ1v) is 6.66. The van der Waals surface area contributed by atoms with Crippen LogP contribution < -0.4 is 5.73 Å². The predicted octanol–water partition coefficient (Wildman–Crippen LogP) is 2.07. The van der Waals surface area contributed by atoms with Crippen molar-refractivity contribution < 1.29 is 9.84 Å². The molecule has 3 nitrogen and oxygen atoms in total. The first-order chi connectivity index (χ1) is 7.62. The Labute approximate surface area is 99.4 Å². The Hall–Kier alpha value is -0.120. The van der Waals surface area contributed by atoms with Gasteiger partial charge in [0.15, 0.2) is 0 Å². The smallest absolute Gasteiger partial charge is 0.0798 e. The van der Waals surface area contributed by atoms with Crippen molar-refractivity contribution in [3.05, 3.63) is 0 Å². The summed E-state index contributed by atoms with van der Waals surface area (Å²) in [5.41, 5.74) is 5.03. The number of ether oxygens (including phenoxy) is 1. The molecule has 16 heavy (non-hydrogen) atoms. The van der Waals surface area contributed by atoms with Crippen LogP contribution in [-0.4, -0.2) is 30.0 Å². The molecule has 1 aliphatic rings. The van der Waals surface area contributed by atoms with Gasteiger partial charge in [0, 0.05) is 13.2 Å². The fourth-order valence-electron chi connectivity index (χ4n) is 2.71. The van der Waals surface area contributed by atoms with Gasteiger partial charge in [0.05, 0.1) is 11.7 Å². The highest BCUT2D eigenvalue weighted by molar-refractivity contribution is 4.92. The van der Waals surface area contributed by atoms with Gasteiger partial charge >= 0.3 is 0 Å². The maximum Gasteiger partial charge on any atom is 0.0798 e. The molecule has 3 heteroatoms. The van der Waals surface area contributed by atoms with E-state index in [1.165, 1.54) is 0 Å². The highest BCUT2D eigenvalue weighted by Gasteiger charge is 2.39. The fraction of sp³-hybridized carbons (Fsp3) is 1.00. The zero-order chi connectivity index (χ0) is 12.0. The summed E-state index contributed by atoms with van der Waals surface area (Å²) in [6.45, 7) is 5.44. The minimum Gasteiger partial charge on any atom is -0.388 e. The van der Waals surface area contributed by atoms with Crippen LogP contribution in [0.25, 0.3) is 0 Å². The van der Waals surface area contributed by atoms with Crippen molar-refractivity contribution in [3.63, 3.8) is 0 Å². The average molecular weight is 229 g/mol. The molecule has 1 fully saturated rings. The van der Waals surface area contributed by atoms with Gasteiger partial charge in [0.25, 0.3) is 0 Å². The van der Waals surface area contributed by atoms with Crippen molar-refractivity contribution in [1.29, 1.82) is 0 Å². The molecule has 0 radical (unpaired) electrons. The van der Waals surface area contributed by atoms with Crippen LogP contribution in [0.3, 0.4) is 0 Å². The predicted molar refractivity (Wildman–Crippen MR) is 66.3 cm³/mol. The SMILES string of the molecule is CCCC(C)OCCC1CCCC1(O)CN. The number of rotatable bonds is 7. The Balaban J connectivity index is 2.22. The summed E-state index contributed by atoms with van der Waals surface area (Å²) in [5, 5.41) is 10.2. The summed E-state index contributed by atoms with van der Waals surface area (Å²) in [4.78, 5) is 0. The largest absolute Gasteiger partial charge is 0.388 e. The molecule has 0 aromatic heterocycles. The Morgan fingerprint density at radius 3 is 2.94 bits per heavy atom. The first kappa shape index (κ1) is 13.9. The van der Waals surface area contributed by atoms with E-state index >= 15 is 0 Å². The van der Waals surface area contributed by atoms with Gasteiger partial charge in [-0.15, -0.1) is 0 Å². The third kappa shape index (κ3) is 3.72. The summed E-state index contributed by atoms with van der Waals surface area (Å²) in [5.74, 6) is 0.339. The quantitative estimate of drug-likeness (QED) is 0.702.